The number of nitrogens with one attached hydrogen (secondary N) is 1. The maximum Gasteiger partial charge on any atom is 0.276 e. The molecule has 1 amide bonds. The van der Waals surface area contributed by atoms with Gasteiger partial charge < -0.3 is 10.1 Å². The first-order valence-electron chi connectivity index (χ1n) is 7.73. The zero-order chi connectivity index (χ0) is 17.6. The van der Waals surface area contributed by atoms with Gasteiger partial charge in [-0.1, -0.05) is 36.4 Å². The maximum absolute atomic E-state index is 12.4. The van der Waals surface area contributed by atoms with Crippen LogP contribution < -0.4 is 15.6 Å². The summed E-state index contributed by atoms with van der Waals surface area (Å²) >= 11 is 0. The van der Waals surface area contributed by atoms with Crippen molar-refractivity contribution in [3.63, 3.8) is 0 Å². The number of carbonyl (C=O) groups excluding carboxylic acids is 1. The lowest BCUT2D eigenvalue weighted by Gasteiger charge is -2.09. The van der Waals surface area contributed by atoms with Crippen LogP contribution in [-0.4, -0.2) is 22.8 Å². The van der Waals surface area contributed by atoms with E-state index in [-0.39, 0.29) is 11.3 Å². The molecule has 0 fully saturated rings. The molecule has 25 heavy (non-hydrogen) atoms. The Bertz CT molecular complexity index is 936. The average molecular weight is 335 g/mol. The Morgan fingerprint density at radius 1 is 1.08 bits per heavy atom. The van der Waals surface area contributed by atoms with E-state index in [2.05, 4.69) is 10.4 Å². The lowest BCUT2D eigenvalue weighted by atomic mass is 10.2. The Morgan fingerprint density at radius 3 is 2.64 bits per heavy atom. The van der Waals surface area contributed by atoms with Crippen molar-refractivity contribution >= 4 is 11.6 Å². The molecule has 0 aliphatic carbocycles. The van der Waals surface area contributed by atoms with E-state index in [1.165, 1.54) is 16.8 Å². The number of rotatable bonds is 5. The van der Waals surface area contributed by atoms with Gasteiger partial charge in [-0.25, -0.2) is 4.68 Å². The van der Waals surface area contributed by atoms with Gasteiger partial charge in [-0.15, -0.1) is 0 Å². The van der Waals surface area contributed by atoms with Crippen LogP contribution in [0.25, 0.3) is 0 Å². The highest BCUT2D eigenvalue weighted by Crippen LogP contribution is 2.17. The van der Waals surface area contributed by atoms with E-state index in [0.717, 1.165) is 5.56 Å². The van der Waals surface area contributed by atoms with Gasteiger partial charge >= 0.3 is 0 Å². The molecule has 6 nitrogen and oxygen atoms in total. The molecule has 0 unspecified atom stereocenters. The molecule has 2 aromatic carbocycles. The van der Waals surface area contributed by atoms with Crippen molar-refractivity contribution in [1.82, 2.24) is 9.78 Å². The summed E-state index contributed by atoms with van der Waals surface area (Å²) in [6.07, 6.45) is 0. The zero-order valence-corrected chi connectivity index (χ0v) is 13.7. The lowest BCUT2D eigenvalue weighted by molar-refractivity contribution is 0.102. The molecule has 6 heteroatoms. The molecule has 0 aliphatic rings. The van der Waals surface area contributed by atoms with E-state index in [1.54, 1.807) is 31.4 Å². The normalized spacial score (nSPS) is 10.3. The first kappa shape index (κ1) is 16.4. The predicted octanol–water partition coefficient (Wildman–Crippen LogP) is 2.55. The fraction of sp³-hybridized carbons (Fsp3) is 0.105. The highest BCUT2D eigenvalue weighted by molar-refractivity contribution is 6.02. The summed E-state index contributed by atoms with van der Waals surface area (Å²) in [4.78, 5) is 24.4. The molecule has 0 bridgehead atoms. The average Bonchev–Trinajstić information content (AvgIpc) is 2.64. The molecule has 3 rings (SSSR count). The predicted molar refractivity (Wildman–Crippen MR) is 95.0 cm³/mol. The number of aromatic nitrogens is 2. The van der Waals surface area contributed by atoms with Gasteiger partial charge in [0.2, 0.25) is 0 Å². The van der Waals surface area contributed by atoms with Gasteiger partial charge in [0.15, 0.2) is 0 Å². The highest BCUT2D eigenvalue weighted by Gasteiger charge is 2.11. The molecular weight excluding hydrogens is 318 g/mol. The highest BCUT2D eigenvalue weighted by atomic mass is 16.5. The SMILES string of the molecule is COc1cccc(NC(=O)c2ccc(=O)n(Cc3ccccc3)n2)c1. The van der Waals surface area contributed by atoms with E-state index in [4.69, 9.17) is 4.74 Å². The van der Waals surface area contributed by atoms with Gasteiger partial charge in [0.25, 0.3) is 11.5 Å². The monoisotopic (exact) mass is 335 g/mol. The van der Waals surface area contributed by atoms with Crippen LogP contribution in [0.1, 0.15) is 16.1 Å². The molecule has 1 N–H and O–H groups in total. The molecule has 0 spiro atoms. The number of benzene rings is 2. The maximum atomic E-state index is 12.4. The third-order valence-corrected chi connectivity index (χ3v) is 3.60. The van der Waals surface area contributed by atoms with Crippen LogP contribution in [0.2, 0.25) is 0 Å². The molecule has 0 radical (unpaired) electrons. The van der Waals surface area contributed by atoms with Gasteiger partial charge in [0.05, 0.1) is 13.7 Å². The Morgan fingerprint density at radius 2 is 1.88 bits per heavy atom. The number of carbonyl (C=O) groups is 1. The Labute approximate surface area is 144 Å². The van der Waals surface area contributed by atoms with E-state index in [1.807, 2.05) is 30.3 Å². The van der Waals surface area contributed by atoms with Crippen LogP contribution in [0.4, 0.5) is 5.69 Å². The van der Waals surface area contributed by atoms with Crippen molar-refractivity contribution in [2.45, 2.75) is 6.54 Å². The second-order valence-corrected chi connectivity index (χ2v) is 5.39. The summed E-state index contributed by atoms with van der Waals surface area (Å²) in [5, 5.41) is 6.91. The number of ether oxygens (including phenoxy) is 1. The van der Waals surface area contributed by atoms with Crippen molar-refractivity contribution in [3.8, 4) is 5.75 Å². The number of amides is 1. The standard InChI is InChI=1S/C19H17N3O3/c1-25-16-9-5-8-15(12-16)20-19(24)17-10-11-18(23)22(21-17)13-14-6-3-2-4-7-14/h2-12H,13H2,1H3,(H,20,24). The van der Waals surface area contributed by atoms with Crippen LogP contribution in [-0.2, 0) is 6.54 Å². The molecule has 126 valence electrons. The van der Waals surface area contributed by atoms with Crippen LogP contribution in [0, 0.1) is 0 Å². The van der Waals surface area contributed by atoms with Crippen LogP contribution in [0.5, 0.6) is 5.75 Å². The summed E-state index contributed by atoms with van der Waals surface area (Å²) in [7, 11) is 1.56. The fourth-order valence-corrected chi connectivity index (χ4v) is 2.34. The Kier molecular flexibility index (Phi) is 4.89. The molecule has 0 saturated carbocycles. The fourth-order valence-electron chi connectivity index (χ4n) is 2.34. The van der Waals surface area contributed by atoms with Crippen LogP contribution in [0.15, 0.2) is 71.5 Å². The van der Waals surface area contributed by atoms with Crippen LogP contribution in [0.3, 0.4) is 0 Å². The quantitative estimate of drug-likeness (QED) is 0.778. The van der Waals surface area contributed by atoms with Crippen molar-refractivity contribution in [1.29, 1.82) is 0 Å². The zero-order valence-electron chi connectivity index (χ0n) is 13.7. The minimum Gasteiger partial charge on any atom is -0.497 e. The largest absolute Gasteiger partial charge is 0.497 e. The summed E-state index contributed by atoms with van der Waals surface area (Å²) in [5.74, 6) is 0.245. The van der Waals surface area contributed by atoms with Gasteiger partial charge in [-0.05, 0) is 23.8 Å². The van der Waals surface area contributed by atoms with Gasteiger partial charge in [0.1, 0.15) is 11.4 Å². The lowest BCUT2D eigenvalue weighted by Crippen LogP contribution is -2.26. The van der Waals surface area contributed by atoms with E-state index >= 15 is 0 Å². The second kappa shape index (κ2) is 7.44. The van der Waals surface area contributed by atoms with Gasteiger partial charge in [-0.3, -0.25) is 9.59 Å². The van der Waals surface area contributed by atoms with E-state index in [9.17, 15) is 9.59 Å². The number of hydrogen-bond acceptors (Lipinski definition) is 4. The van der Waals surface area contributed by atoms with Crippen molar-refractivity contribution < 1.29 is 9.53 Å². The number of nitrogens with zero attached hydrogens (tertiary/aromatic N) is 2. The molecule has 3 aromatic rings. The Hall–Kier alpha value is -3.41. The number of anilines is 1. The molecule has 1 aromatic heterocycles. The van der Waals surface area contributed by atoms with Crippen molar-refractivity contribution in [2.75, 3.05) is 12.4 Å². The topological polar surface area (TPSA) is 73.2 Å². The summed E-state index contributed by atoms with van der Waals surface area (Å²) in [6.45, 7) is 0.306. The smallest absolute Gasteiger partial charge is 0.276 e. The number of hydrogen-bond donors (Lipinski definition) is 1. The third kappa shape index (κ3) is 4.11. The summed E-state index contributed by atoms with van der Waals surface area (Å²) in [6, 6.07) is 19.3. The van der Waals surface area contributed by atoms with Crippen molar-refractivity contribution in [3.05, 3.63) is 88.3 Å². The van der Waals surface area contributed by atoms with Crippen LogP contribution >= 0.6 is 0 Å². The number of methoxy groups -OCH3 is 1. The molecular formula is C19H17N3O3. The van der Waals surface area contributed by atoms with Gasteiger partial charge in [-0.2, -0.15) is 5.10 Å². The minimum absolute atomic E-state index is 0.165. The molecule has 0 aliphatic heterocycles. The summed E-state index contributed by atoms with van der Waals surface area (Å²) < 4.78 is 6.40. The van der Waals surface area contributed by atoms with E-state index in [0.29, 0.717) is 18.0 Å². The minimum atomic E-state index is -0.393. The third-order valence-electron chi connectivity index (χ3n) is 3.60. The molecule has 0 atom stereocenters. The van der Waals surface area contributed by atoms with Gasteiger partial charge in [0, 0.05) is 17.8 Å². The van der Waals surface area contributed by atoms with Crippen molar-refractivity contribution in [2.24, 2.45) is 0 Å². The molecule has 0 saturated heterocycles. The second-order valence-electron chi connectivity index (χ2n) is 5.39. The van der Waals surface area contributed by atoms with E-state index < -0.39 is 5.91 Å². The first-order valence-corrected chi connectivity index (χ1v) is 7.73. The Balaban J connectivity index is 1.81. The molecule has 1 heterocycles. The first-order chi connectivity index (χ1) is 12.2. The summed E-state index contributed by atoms with van der Waals surface area (Å²) in [5.41, 5.74) is 1.43.